The summed E-state index contributed by atoms with van der Waals surface area (Å²) in [5.74, 6) is -1.54. The predicted octanol–water partition coefficient (Wildman–Crippen LogP) is 3.60. The standard InChI is InChI=1S/C22H22N4O5/c1-3-14-6-4-5-7-18(14)23-13-17-19(12-20(27)28)25-26(21(17)29)16-10-8-15(9-11-16)24-22(30)31-2/h4-11,13,23H,3,12H2,1-2H3,(H,24,30)(H,27,28). The number of para-hydroxylation sites is 1. The summed E-state index contributed by atoms with van der Waals surface area (Å²) in [5.41, 5.74) is 3.12. The van der Waals surface area contributed by atoms with Crippen LogP contribution in [0.15, 0.2) is 65.4 Å². The van der Waals surface area contributed by atoms with Gasteiger partial charge in [-0.3, -0.25) is 14.9 Å². The lowest BCUT2D eigenvalue weighted by molar-refractivity contribution is -0.135. The number of anilines is 3. The number of nitrogens with one attached hydrogen (secondary N) is 2. The van der Waals surface area contributed by atoms with Crippen molar-refractivity contribution in [1.29, 1.82) is 0 Å². The van der Waals surface area contributed by atoms with Crippen LogP contribution >= 0.6 is 0 Å². The van der Waals surface area contributed by atoms with Crippen LogP contribution in [0.1, 0.15) is 18.9 Å². The second-order valence-corrected chi connectivity index (χ2v) is 6.61. The molecule has 0 saturated carbocycles. The molecule has 1 heterocycles. The molecule has 0 aliphatic carbocycles. The zero-order chi connectivity index (χ0) is 22.4. The number of aryl methyl sites for hydroxylation is 1. The third kappa shape index (κ3) is 5.08. The van der Waals surface area contributed by atoms with Gasteiger partial charge in [0.1, 0.15) is 0 Å². The van der Waals surface area contributed by atoms with Gasteiger partial charge in [-0.05, 0) is 42.3 Å². The summed E-state index contributed by atoms with van der Waals surface area (Å²) in [6.07, 6.45) is 1.28. The summed E-state index contributed by atoms with van der Waals surface area (Å²) in [6.45, 7) is 2.02. The van der Waals surface area contributed by atoms with Gasteiger partial charge in [0.2, 0.25) is 0 Å². The molecule has 3 N–H and O–H groups in total. The number of hydrogen-bond acceptors (Lipinski definition) is 6. The van der Waals surface area contributed by atoms with Gasteiger partial charge in [0.25, 0.3) is 5.91 Å². The maximum absolute atomic E-state index is 13.0. The number of ether oxygens (including phenoxy) is 1. The van der Waals surface area contributed by atoms with Crippen LogP contribution in [0, 0.1) is 0 Å². The molecule has 0 bridgehead atoms. The Balaban J connectivity index is 1.86. The first-order valence-corrected chi connectivity index (χ1v) is 9.56. The Bertz CT molecular complexity index is 1060. The highest BCUT2D eigenvalue weighted by atomic mass is 16.5. The highest BCUT2D eigenvalue weighted by molar-refractivity contribution is 6.32. The summed E-state index contributed by atoms with van der Waals surface area (Å²) in [7, 11) is 1.26. The smallest absolute Gasteiger partial charge is 0.411 e. The third-order valence-corrected chi connectivity index (χ3v) is 4.59. The zero-order valence-electron chi connectivity index (χ0n) is 17.1. The minimum atomic E-state index is -1.09. The van der Waals surface area contributed by atoms with Crippen LogP contribution in [-0.2, 0) is 20.7 Å². The number of carboxylic acid groups (broad SMARTS) is 1. The fourth-order valence-corrected chi connectivity index (χ4v) is 3.03. The molecule has 1 aliphatic heterocycles. The van der Waals surface area contributed by atoms with Crippen LogP contribution in [0.3, 0.4) is 0 Å². The maximum atomic E-state index is 13.0. The first-order valence-electron chi connectivity index (χ1n) is 9.56. The van der Waals surface area contributed by atoms with Gasteiger partial charge in [-0.25, -0.2) is 4.79 Å². The predicted molar refractivity (Wildman–Crippen MR) is 117 cm³/mol. The molecule has 2 aromatic rings. The van der Waals surface area contributed by atoms with Gasteiger partial charge in [0.15, 0.2) is 0 Å². The van der Waals surface area contributed by atoms with Gasteiger partial charge in [-0.2, -0.15) is 10.1 Å². The number of benzene rings is 2. The molecule has 9 heteroatoms. The molecule has 0 spiro atoms. The van der Waals surface area contributed by atoms with Crippen molar-refractivity contribution in [2.24, 2.45) is 5.10 Å². The minimum Gasteiger partial charge on any atom is -0.481 e. The zero-order valence-corrected chi connectivity index (χ0v) is 17.1. The number of methoxy groups -OCH3 is 1. The largest absolute Gasteiger partial charge is 0.481 e. The average molecular weight is 422 g/mol. The number of aliphatic carboxylic acids is 1. The summed E-state index contributed by atoms with van der Waals surface area (Å²) in [6, 6.07) is 14.0. The lowest BCUT2D eigenvalue weighted by Crippen LogP contribution is -2.22. The number of rotatable bonds is 7. The Hall–Kier alpha value is -4.14. The van der Waals surface area contributed by atoms with Crippen molar-refractivity contribution in [3.8, 4) is 0 Å². The molecule has 0 unspecified atom stereocenters. The quantitative estimate of drug-likeness (QED) is 0.587. The maximum Gasteiger partial charge on any atom is 0.411 e. The van der Waals surface area contributed by atoms with Crippen molar-refractivity contribution in [2.45, 2.75) is 19.8 Å². The Morgan fingerprint density at radius 1 is 1.16 bits per heavy atom. The van der Waals surface area contributed by atoms with E-state index in [4.69, 9.17) is 0 Å². The van der Waals surface area contributed by atoms with Crippen LogP contribution < -0.4 is 15.6 Å². The molecule has 0 radical (unpaired) electrons. The van der Waals surface area contributed by atoms with Gasteiger partial charge in [-0.1, -0.05) is 25.1 Å². The van der Waals surface area contributed by atoms with Crippen molar-refractivity contribution < 1.29 is 24.2 Å². The molecule has 0 saturated heterocycles. The van der Waals surface area contributed by atoms with E-state index in [0.717, 1.165) is 22.7 Å². The second kappa shape index (κ2) is 9.57. The Morgan fingerprint density at radius 3 is 2.52 bits per heavy atom. The van der Waals surface area contributed by atoms with E-state index in [0.29, 0.717) is 11.4 Å². The Kier molecular flexibility index (Phi) is 6.66. The van der Waals surface area contributed by atoms with E-state index in [9.17, 15) is 19.5 Å². The Morgan fingerprint density at radius 2 is 1.87 bits per heavy atom. The molecule has 0 atom stereocenters. The molecule has 3 rings (SSSR count). The van der Waals surface area contributed by atoms with Gasteiger partial charge in [0.05, 0.1) is 30.5 Å². The number of nitrogens with zero attached hydrogens (tertiary/aromatic N) is 2. The van der Waals surface area contributed by atoms with Gasteiger partial charge in [-0.15, -0.1) is 0 Å². The summed E-state index contributed by atoms with van der Waals surface area (Å²) >= 11 is 0. The molecular formula is C22H22N4O5. The number of carbonyl (C=O) groups excluding carboxylic acids is 2. The molecule has 31 heavy (non-hydrogen) atoms. The van der Waals surface area contributed by atoms with Crippen LogP contribution in [0.5, 0.6) is 0 Å². The SMILES string of the molecule is CCc1ccccc1NC=C1C(=O)N(c2ccc(NC(=O)OC)cc2)N=C1CC(=O)O. The number of carbonyl (C=O) groups is 3. The lowest BCUT2D eigenvalue weighted by Gasteiger charge is -2.13. The molecule has 2 amide bonds. The molecular weight excluding hydrogens is 400 g/mol. The van der Waals surface area contributed by atoms with Crippen molar-refractivity contribution in [3.63, 3.8) is 0 Å². The topological polar surface area (TPSA) is 120 Å². The molecule has 9 nitrogen and oxygen atoms in total. The fraction of sp³-hybridized carbons (Fsp3) is 0.182. The monoisotopic (exact) mass is 422 g/mol. The van der Waals surface area contributed by atoms with Crippen LogP contribution in [0.2, 0.25) is 0 Å². The molecule has 0 aromatic heterocycles. The first-order chi connectivity index (χ1) is 14.9. The molecule has 0 fully saturated rings. The van der Waals surface area contributed by atoms with E-state index >= 15 is 0 Å². The van der Waals surface area contributed by atoms with Crippen molar-refractivity contribution in [1.82, 2.24) is 0 Å². The molecule has 2 aromatic carbocycles. The fourth-order valence-electron chi connectivity index (χ4n) is 3.03. The van der Waals surface area contributed by atoms with E-state index < -0.39 is 24.4 Å². The highest BCUT2D eigenvalue weighted by Gasteiger charge is 2.32. The highest BCUT2D eigenvalue weighted by Crippen LogP contribution is 2.27. The number of amides is 2. The Labute approximate surface area is 179 Å². The van der Waals surface area contributed by atoms with Crippen molar-refractivity contribution in [3.05, 3.63) is 65.9 Å². The van der Waals surface area contributed by atoms with E-state index in [1.807, 2.05) is 31.2 Å². The first kappa shape index (κ1) is 21.6. The molecule has 160 valence electrons. The van der Waals surface area contributed by atoms with Crippen molar-refractivity contribution in [2.75, 3.05) is 22.8 Å². The normalized spacial score (nSPS) is 14.4. The second-order valence-electron chi connectivity index (χ2n) is 6.61. The van der Waals surface area contributed by atoms with E-state index in [1.54, 1.807) is 24.3 Å². The lowest BCUT2D eigenvalue weighted by atomic mass is 10.1. The van der Waals surface area contributed by atoms with Gasteiger partial charge < -0.3 is 15.2 Å². The van der Waals surface area contributed by atoms with E-state index in [1.165, 1.54) is 13.3 Å². The number of carboxylic acids is 1. The summed E-state index contributed by atoms with van der Waals surface area (Å²) in [4.78, 5) is 35.6. The average Bonchev–Trinajstić information content (AvgIpc) is 3.07. The van der Waals surface area contributed by atoms with E-state index in [2.05, 4.69) is 20.5 Å². The van der Waals surface area contributed by atoms with Gasteiger partial charge >= 0.3 is 12.1 Å². The van der Waals surface area contributed by atoms with Crippen LogP contribution in [0.4, 0.5) is 21.9 Å². The third-order valence-electron chi connectivity index (χ3n) is 4.59. The van der Waals surface area contributed by atoms with Crippen LogP contribution in [-0.4, -0.2) is 35.9 Å². The van der Waals surface area contributed by atoms with Crippen LogP contribution in [0.25, 0.3) is 0 Å². The molecule has 1 aliphatic rings. The number of hydrazone groups is 1. The number of hydrogen-bond donors (Lipinski definition) is 3. The van der Waals surface area contributed by atoms with E-state index in [-0.39, 0.29) is 11.3 Å². The van der Waals surface area contributed by atoms with Crippen molar-refractivity contribution >= 4 is 40.7 Å². The summed E-state index contributed by atoms with van der Waals surface area (Å²) in [5, 5.41) is 20.2. The summed E-state index contributed by atoms with van der Waals surface area (Å²) < 4.78 is 4.54. The van der Waals surface area contributed by atoms with Gasteiger partial charge in [0, 0.05) is 17.6 Å². The minimum absolute atomic E-state index is 0.149.